The summed E-state index contributed by atoms with van der Waals surface area (Å²) in [5.74, 6) is 0.238. The number of hydrogen-bond acceptors (Lipinski definition) is 4. The van der Waals surface area contributed by atoms with Crippen LogP contribution in [0.2, 0.25) is 0 Å². The summed E-state index contributed by atoms with van der Waals surface area (Å²) in [7, 11) is 1.89. The predicted octanol–water partition coefficient (Wildman–Crippen LogP) is 2.60. The Kier molecular flexibility index (Phi) is 4.79. The van der Waals surface area contributed by atoms with E-state index in [1.807, 2.05) is 74.6 Å². The van der Waals surface area contributed by atoms with Crippen LogP contribution in [0.15, 0.2) is 75.2 Å². The second-order valence-corrected chi connectivity index (χ2v) is 6.97. The third-order valence-corrected chi connectivity index (χ3v) is 5.25. The van der Waals surface area contributed by atoms with Gasteiger partial charge in [0.25, 0.3) is 5.56 Å². The molecule has 1 aliphatic rings. The molecule has 0 amide bonds. The molecule has 142 valence electrons. The first-order chi connectivity index (χ1) is 13.6. The molecule has 3 aromatic rings. The topological polar surface area (TPSA) is 79.2 Å². The molecule has 2 N–H and O–H groups in total. The molecular weight excluding hydrogens is 352 g/mol. The third-order valence-electron chi connectivity index (χ3n) is 5.25. The molecule has 2 heterocycles. The maximum Gasteiger partial charge on any atom is 0.334 e. The summed E-state index contributed by atoms with van der Waals surface area (Å²) in [6.45, 7) is 2.64. The van der Waals surface area contributed by atoms with E-state index in [0.29, 0.717) is 23.6 Å². The molecule has 2 aromatic carbocycles. The second-order valence-electron chi connectivity index (χ2n) is 6.97. The van der Waals surface area contributed by atoms with Crippen LogP contribution in [0.3, 0.4) is 0 Å². The molecule has 0 saturated carbocycles. The minimum atomic E-state index is -0.481. The van der Waals surface area contributed by atoms with E-state index in [4.69, 9.17) is 4.99 Å². The Balaban J connectivity index is 2.05. The zero-order chi connectivity index (χ0) is 19.7. The van der Waals surface area contributed by atoms with Gasteiger partial charge in [-0.1, -0.05) is 48.5 Å². The molecule has 1 aliphatic heterocycles. The van der Waals surface area contributed by atoms with Crippen LogP contribution in [-0.2, 0) is 0 Å². The first-order valence-electron chi connectivity index (χ1n) is 9.31. The Labute approximate surface area is 162 Å². The highest BCUT2D eigenvalue weighted by atomic mass is 16.2. The van der Waals surface area contributed by atoms with Crippen LogP contribution < -0.4 is 16.6 Å². The molecule has 0 fully saturated rings. The highest BCUT2D eigenvalue weighted by Gasteiger charge is 2.36. The predicted molar refractivity (Wildman–Crippen MR) is 111 cm³/mol. The van der Waals surface area contributed by atoms with Crippen LogP contribution in [0.1, 0.15) is 24.0 Å². The lowest BCUT2D eigenvalue weighted by atomic mass is 9.77. The molecule has 4 rings (SSSR count). The van der Waals surface area contributed by atoms with Gasteiger partial charge in [0.1, 0.15) is 0 Å². The van der Waals surface area contributed by atoms with Crippen LogP contribution in [0.25, 0.3) is 5.69 Å². The number of nitrogens with one attached hydrogen (secondary N) is 2. The van der Waals surface area contributed by atoms with Gasteiger partial charge >= 0.3 is 5.69 Å². The van der Waals surface area contributed by atoms with Gasteiger partial charge in [0.15, 0.2) is 5.82 Å². The number of benzene rings is 2. The summed E-state index contributed by atoms with van der Waals surface area (Å²) in [5, 5.41) is 3.21. The molecule has 2 atom stereocenters. The van der Waals surface area contributed by atoms with Crippen LogP contribution in [0, 0.1) is 5.92 Å². The minimum absolute atomic E-state index is 0.0164. The fraction of sp³-hybridized carbons (Fsp3) is 0.227. The van der Waals surface area contributed by atoms with Gasteiger partial charge in [-0.25, -0.2) is 14.4 Å². The summed E-state index contributed by atoms with van der Waals surface area (Å²) < 4.78 is 1.49. The first kappa shape index (κ1) is 18.1. The Morgan fingerprint density at radius 1 is 1.04 bits per heavy atom. The van der Waals surface area contributed by atoms with Gasteiger partial charge in [-0.05, 0) is 31.7 Å². The second kappa shape index (κ2) is 7.40. The zero-order valence-corrected chi connectivity index (χ0v) is 15.8. The van der Waals surface area contributed by atoms with Gasteiger partial charge in [0, 0.05) is 24.1 Å². The highest BCUT2D eigenvalue weighted by molar-refractivity contribution is 5.90. The largest absolute Gasteiger partial charge is 0.334 e. The van der Waals surface area contributed by atoms with Crippen molar-refractivity contribution >= 4 is 11.5 Å². The van der Waals surface area contributed by atoms with Crippen LogP contribution in [-0.4, -0.2) is 28.9 Å². The van der Waals surface area contributed by atoms with E-state index in [1.54, 1.807) is 0 Å². The van der Waals surface area contributed by atoms with Crippen molar-refractivity contribution in [2.75, 3.05) is 13.6 Å². The number of nitrogens with zero attached hydrogens (tertiary/aromatic N) is 2. The van der Waals surface area contributed by atoms with Crippen molar-refractivity contribution < 1.29 is 0 Å². The third kappa shape index (κ3) is 3.01. The van der Waals surface area contributed by atoms with E-state index in [9.17, 15) is 9.59 Å². The molecule has 6 nitrogen and oxygen atoms in total. The van der Waals surface area contributed by atoms with Crippen molar-refractivity contribution in [1.29, 1.82) is 0 Å². The SMILES string of the molecule is CNCC1C(C)=Nc2c(c(=O)[nH]c(=O)n2-c2ccccc2)C1c1ccccc1. The van der Waals surface area contributed by atoms with Gasteiger partial charge in [-0.15, -0.1) is 0 Å². The van der Waals surface area contributed by atoms with Gasteiger partial charge < -0.3 is 5.32 Å². The molecule has 28 heavy (non-hydrogen) atoms. The van der Waals surface area contributed by atoms with Crippen LogP contribution in [0.4, 0.5) is 5.82 Å². The summed E-state index contributed by atoms with van der Waals surface area (Å²) in [6, 6.07) is 19.2. The van der Waals surface area contributed by atoms with Gasteiger partial charge in [0.2, 0.25) is 0 Å². The van der Waals surface area contributed by atoms with Crippen molar-refractivity contribution in [2.45, 2.75) is 12.8 Å². The summed E-state index contributed by atoms with van der Waals surface area (Å²) in [6.07, 6.45) is 0. The molecule has 2 unspecified atom stereocenters. The number of rotatable bonds is 4. The average Bonchev–Trinajstić information content (AvgIpc) is 2.70. The van der Waals surface area contributed by atoms with E-state index in [0.717, 1.165) is 11.3 Å². The van der Waals surface area contributed by atoms with Gasteiger partial charge in [0.05, 0.1) is 11.3 Å². The quantitative estimate of drug-likeness (QED) is 0.737. The molecule has 1 aromatic heterocycles. The molecule has 6 heteroatoms. The summed E-state index contributed by atoms with van der Waals surface area (Å²) >= 11 is 0. The number of aromatic amines is 1. The molecule has 0 saturated heterocycles. The fourth-order valence-corrected chi connectivity index (χ4v) is 3.98. The summed E-state index contributed by atoms with van der Waals surface area (Å²) in [4.78, 5) is 32.9. The van der Waals surface area contributed by atoms with E-state index < -0.39 is 5.69 Å². The lowest BCUT2D eigenvalue weighted by molar-refractivity contribution is 0.547. The number of hydrogen-bond donors (Lipinski definition) is 2. The Bertz CT molecular complexity index is 1130. The van der Waals surface area contributed by atoms with Crippen molar-refractivity contribution in [3.05, 3.63) is 92.6 Å². The Morgan fingerprint density at radius 3 is 2.32 bits per heavy atom. The first-order valence-corrected chi connectivity index (χ1v) is 9.31. The number of aromatic nitrogens is 2. The van der Waals surface area contributed by atoms with E-state index in [-0.39, 0.29) is 17.4 Å². The lowest BCUT2D eigenvalue weighted by Crippen LogP contribution is -2.40. The van der Waals surface area contributed by atoms with Gasteiger partial charge in [-0.2, -0.15) is 0 Å². The molecule has 0 spiro atoms. The lowest BCUT2D eigenvalue weighted by Gasteiger charge is -2.32. The standard InChI is InChI=1S/C22H22N4O2/c1-14-17(13-23-2)18(15-9-5-3-6-10-15)19-20(24-14)26(22(28)25-21(19)27)16-11-7-4-8-12-16/h3-12,17-18,23H,13H2,1-2H3,(H,25,27,28). The number of aliphatic imine (C=N–C) groups is 1. The van der Waals surface area contributed by atoms with Crippen molar-refractivity contribution in [1.82, 2.24) is 14.9 Å². The summed E-state index contributed by atoms with van der Waals surface area (Å²) in [5.41, 5.74) is 2.27. The smallest absolute Gasteiger partial charge is 0.319 e. The normalized spacial score (nSPS) is 18.4. The van der Waals surface area contributed by atoms with E-state index in [2.05, 4.69) is 10.3 Å². The zero-order valence-electron chi connectivity index (χ0n) is 15.8. The molecule has 0 radical (unpaired) electrons. The van der Waals surface area contributed by atoms with E-state index in [1.165, 1.54) is 4.57 Å². The van der Waals surface area contributed by atoms with Crippen molar-refractivity contribution in [3.8, 4) is 5.69 Å². The molecule has 0 aliphatic carbocycles. The molecule has 0 bridgehead atoms. The van der Waals surface area contributed by atoms with Crippen LogP contribution in [0.5, 0.6) is 0 Å². The minimum Gasteiger partial charge on any atom is -0.319 e. The molecular formula is C22H22N4O2. The monoisotopic (exact) mass is 374 g/mol. The van der Waals surface area contributed by atoms with Crippen molar-refractivity contribution in [3.63, 3.8) is 0 Å². The van der Waals surface area contributed by atoms with Gasteiger partial charge in [-0.3, -0.25) is 9.78 Å². The van der Waals surface area contributed by atoms with E-state index >= 15 is 0 Å². The Hall–Kier alpha value is -3.25. The van der Waals surface area contributed by atoms with Crippen molar-refractivity contribution in [2.24, 2.45) is 10.9 Å². The highest BCUT2D eigenvalue weighted by Crippen LogP contribution is 2.40. The maximum absolute atomic E-state index is 12.9. The number of para-hydroxylation sites is 1. The fourth-order valence-electron chi connectivity index (χ4n) is 3.98. The Morgan fingerprint density at radius 2 is 1.68 bits per heavy atom. The van der Waals surface area contributed by atoms with Crippen LogP contribution >= 0.6 is 0 Å². The number of fused-ring (bicyclic) bond motifs is 1. The average molecular weight is 374 g/mol. The maximum atomic E-state index is 12.9. The number of H-pyrrole nitrogens is 1.